The maximum Gasteiger partial charge on any atom is 0.0108 e. The molecule has 0 radical (unpaired) electrons. The first kappa shape index (κ1) is 10.4. The van der Waals surface area contributed by atoms with Crippen LogP contribution in [0.3, 0.4) is 0 Å². The molecule has 1 N–H and O–H groups in total. The second kappa shape index (κ2) is 5.13. The second-order valence-corrected chi connectivity index (χ2v) is 4.94. The first-order chi connectivity index (χ1) is 6.88. The van der Waals surface area contributed by atoms with Crippen LogP contribution in [0.4, 0.5) is 0 Å². The summed E-state index contributed by atoms with van der Waals surface area (Å²) in [5.41, 5.74) is 0. The third-order valence-corrected chi connectivity index (χ3v) is 4.00. The van der Waals surface area contributed by atoms with Gasteiger partial charge in [0.25, 0.3) is 0 Å². The van der Waals surface area contributed by atoms with E-state index in [1.807, 2.05) is 0 Å². The number of nitrogens with one attached hydrogen (secondary N) is 1. The van der Waals surface area contributed by atoms with Gasteiger partial charge in [0.15, 0.2) is 0 Å². The predicted octanol–water partition coefficient (Wildman–Crippen LogP) is 1.86. The largest absolute Gasteiger partial charge is 0.316 e. The molecule has 0 amide bonds. The van der Waals surface area contributed by atoms with E-state index in [1.54, 1.807) is 0 Å². The molecule has 0 saturated carbocycles. The summed E-state index contributed by atoms with van der Waals surface area (Å²) in [6, 6.07) is 0.808. The number of likely N-dealkylation sites (tertiary alicyclic amines) is 1. The Hall–Kier alpha value is -0.0800. The topological polar surface area (TPSA) is 15.3 Å². The van der Waals surface area contributed by atoms with Crippen LogP contribution in [0.1, 0.15) is 39.0 Å². The molecule has 2 aliphatic rings. The van der Waals surface area contributed by atoms with Crippen LogP contribution in [0.15, 0.2) is 0 Å². The number of nitrogens with zero attached hydrogens (tertiary/aromatic N) is 1. The van der Waals surface area contributed by atoms with Crippen LogP contribution in [0, 0.1) is 5.92 Å². The normalized spacial score (nSPS) is 32.8. The van der Waals surface area contributed by atoms with Crippen molar-refractivity contribution in [3.63, 3.8) is 0 Å². The van der Waals surface area contributed by atoms with Crippen molar-refractivity contribution in [2.24, 2.45) is 5.92 Å². The van der Waals surface area contributed by atoms with Crippen LogP contribution in [0.2, 0.25) is 0 Å². The van der Waals surface area contributed by atoms with E-state index in [2.05, 4.69) is 17.1 Å². The van der Waals surface area contributed by atoms with Crippen molar-refractivity contribution < 1.29 is 0 Å². The maximum absolute atomic E-state index is 3.48. The maximum atomic E-state index is 3.48. The third kappa shape index (κ3) is 2.48. The van der Waals surface area contributed by atoms with Gasteiger partial charge in [-0.25, -0.2) is 0 Å². The summed E-state index contributed by atoms with van der Waals surface area (Å²) in [5.74, 6) is 0.910. The van der Waals surface area contributed by atoms with Crippen LogP contribution in [-0.2, 0) is 0 Å². The summed E-state index contributed by atoms with van der Waals surface area (Å²) in [5, 5.41) is 3.48. The van der Waals surface area contributed by atoms with E-state index in [4.69, 9.17) is 0 Å². The van der Waals surface area contributed by atoms with Gasteiger partial charge in [-0.1, -0.05) is 12.8 Å². The van der Waals surface area contributed by atoms with Crippen molar-refractivity contribution in [2.75, 3.05) is 26.2 Å². The molecular formula is C12H24N2. The number of hydrogen-bond acceptors (Lipinski definition) is 2. The zero-order valence-electron chi connectivity index (χ0n) is 9.47. The summed E-state index contributed by atoms with van der Waals surface area (Å²) in [7, 11) is 0. The van der Waals surface area contributed by atoms with E-state index in [-0.39, 0.29) is 0 Å². The Morgan fingerprint density at radius 3 is 2.43 bits per heavy atom. The molecule has 14 heavy (non-hydrogen) atoms. The van der Waals surface area contributed by atoms with E-state index in [0.717, 1.165) is 12.0 Å². The fourth-order valence-electron chi connectivity index (χ4n) is 2.89. The summed E-state index contributed by atoms with van der Waals surface area (Å²) < 4.78 is 0. The molecule has 2 saturated heterocycles. The van der Waals surface area contributed by atoms with E-state index in [0.29, 0.717) is 0 Å². The average Bonchev–Trinajstić information content (AvgIpc) is 2.59. The van der Waals surface area contributed by atoms with Gasteiger partial charge in [-0.3, -0.25) is 0 Å². The van der Waals surface area contributed by atoms with Crippen molar-refractivity contribution in [2.45, 2.75) is 45.1 Å². The van der Waals surface area contributed by atoms with Crippen molar-refractivity contribution in [1.82, 2.24) is 10.2 Å². The molecule has 0 bridgehead atoms. The standard InChI is InChI=1S/C12H24N2/c1-11(12-6-7-13-10-12)14-8-4-2-3-5-9-14/h11-13H,2-10H2,1H3. The van der Waals surface area contributed by atoms with Crippen molar-refractivity contribution in [3.05, 3.63) is 0 Å². The van der Waals surface area contributed by atoms with Crippen molar-refractivity contribution in [3.8, 4) is 0 Å². The summed E-state index contributed by atoms with van der Waals surface area (Å²) >= 11 is 0. The molecule has 2 nitrogen and oxygen atoms in total. The van der Waals surface area contributed by atoms with Crippen LogP contribution < -0.4 is 5.32 Å². The quantitative estimate of drug-likeness (QED) is 0.725. The highest BCUT2D eigenvalue weighted by Crippen LogP contribution is 2.21. The molecule has 0 spiro atoms. The third-order valence-electron chi connectivity index (χ3n) is 4.00. The zero-order valence-corrected chi connectivity index (χ0v) is 9.47. The summed E-state index contributed by atoms with van der Waals surface area (Å²) in [6.07, 6.45) is 7.13. The van der Waals surface area contributed by atoms with Gasteiger partial charge >= 0.3 is 0 Å². The highest BCUT2D eigenvalue weighted by molar-refractivity contribution is 4.82. The molecule has 0 aromatic rings. The molecule has 0 aromatic heterocycles. The molecular weight excluding hydrogens is 172 g/mol. The van der Waals surface area contributed by atoms with Gasteiger partial charge in [-0.2, -0.15) is 0 Å². The Balaban J connectivity index is 1.84. The van der Waals surface area contributed by atoms with Crippen LogP contribution in [0.25, 0.3) is 0 Å². The van der Waals surface area contributed by atoms with Gasteiger partial charge in [-0.15, -0.1) is 0 Å². The molecule has 0 aromatic carbocycles. The first-order valence-electron chi connectivity index (χ1n) is 6.32. The predicted molar refractivity (Wildman–Crippen MR) is 60.5 cm³/mol. The van der Waals surface area contributed by atoms with Gasteiger partial charge < -0.3 is 10.2 Å². The minimum Gasteiger partial charge on any atom is -0.316 e. The van der Waals surface area contributed by atoms with Gasteiger partial charge in [0.1, 0.15) is 0 Å². The lowest BCUT2D eigenvalue weighted by Crippen LogP contribution is -2.39. The molecule has 2 rings (SSSR count). The van der Waals surface area contributed by atoms with E-state index in [9.17, 15) is 0 Å². The lowest BCUT2D eigenvalue weighted by molar-refractivity contribution is 0.167. The van der Waals surface area contributed by atoms with E-state index < -0.39 is 0 Å². The fourth-order valence-corrected chi connectivity index (χ4v) is 2.89. The van der Waals surface area contributed by atoms with Gasteiger partial charge in [-0.05, 0) is 58.3 Å². The lowest BCUT2D eigenvalue weighted by atomic mass is 9.99. The summed E-state index contributed by atoms with van der Waals surface area (Å²) in [4.78, 5) is 2.73. The smallest absolute Gasteiger partial charge is 0.0108 e. The van der Waals surface area contributed by atoms with Crippen LogP contribution in [-0.4, -0.2) is 37.1 Å². The van der Waals surface area contributed by atoms with Crippen LogP contribution in [0.5, 0.6) is 0 Å². The Morgan fingerprint density at radius 2 is 1.86 bits per heavy atom. The Kier molecular flexibility index (Phi) is 3.82. The molecule has 2 unspecified atom stereocenters. The Morgan fingerprint density at radius 1 is 1.14 bits per heavy atom. The molecule has 2 atom stereocenters. The molecule has 0 aliphatic carbocycles. The van der Waals surface area contributed by atoms with Gasteiger partial charge in [0.2, 0.25) is 0 Å². The Bertz CT molecular complexity index is 156. The minimum atomic E-state index is 0.808. The molecule has 2 aliphatic heterocycles. The average molecular weight is 196 g/mol. The highest BCUT2D eigenvalue weighted by atomic mass is 15.2. The molecule has 82 valence electrons. The number of hydrogen-bond donors (Lipinski definition) is 1. The Labute approximate surface area is 88.1 Å². The lowest BCUT2D eigenvalue weighted by Gasteiger charge is -2.31. The van der Waals surface area contributed by atoms with E-state index in [1.165, 1.54) is 58.3 Å². The van der Waals surface area contributed by atoms with Gasteiger partial charge in [0.05, 0.1) is 0 Å². The molecule has 2 fully saturated rings. The van der Waals surface area contributed by atoms with Crippen LogP contribution >= 0.6 is 0 Å². The highest BCUT2D eigenvalue weighted by Gasteiger charge is 2.26. The fraction of sp³-hybridized carbons (Fsp3) is 1.00. The van der Waals surface area contributed by atoms with E-state index >= 15 is 0 Å². The van der Waals surface area contributed by atoms with Crippen molar-refractivity contribution in [1.29, 1.82) is 0 Å². The van der Waals surface area contributed by atoms with Crippen molar-refractivity contribution >= 4 is 0 Å². The zero-order chi connectivity index (χ0) is 9.80. The SMILES string of the molecule is CC(C1CCNC1)N1CCCCCC1. The second-order valence-electron chi connectivity index (χ2n) is 4.94. The first-order valence-corrected chi connectivity index (χ1v) is 6.32. The minimum absolute atomic E-state index is 0.808. The van der Waals surface area contributed by atoms with Gasteiger partial charge in [0, 0.05) is 6.04 Å². The summed E-state index contributed by atoms with van der Waals surface area (Å²) in [6.45, 7) is 7.61. The number of rotatable bonds is 2. The molecule has 2 heterocycles. The molecule has 2 heteroatoms. The monoisotopic (exact) mass is 196 g/mol.